The van der Waals surface area contributed by atoms with E-state index < -0.39 is 12.0 Å². The van der Waals surface area contributed by atoms with Crippen molar-refractivity contribution in [3.8, 4) is 17.2 Å². The number of aromatic nitrogens is 1. The Morgan fingerprint density at radius 3 is 2.31 bits per heavy atom. The van der Waals surface area contributed by atoms with Crippen LogP contribution >= 0.6 is 59.1 Å². The van der Waals surface area contributed by atoms with Gasteiger partial charge in [-0.05, 0) is 94.1 Å². The van der Waals surface area contributed by atoms with E-state index in [1.807, 2.05) is 19.1 Å². The Labute approximate surface area is 254 Å². The minimum absolute atomic E-state index is 0.182. The zero-order chi connectivity index (χ0) is 28.4. The second kappa shape index (κ2) is 12.4. The van der Waals surface area contributed by atoms with Gasteiger partial charge in [0.15, 0.2) is 16.3 Å². The lowest BCUT2D eigenvalue weighted by Crippen LogP contribution is -2.40. The van der Waals surface area contributed by atoms with Crippen LogP contribution in [0.25, 0.3) is 6.08 Å². The lowest BCUT2D eigenvalue weighted by molar-refractivity contribution is -0.139. The molecule has 0 aliphatic carbocycles. The molecule has 0 N–H and O–H groups in total. The third-order valence-corrected chi connectivity index (χ3v) is 8.76. The molecule has 0 spiro atoms. The molecule has 1 aliphatic heterocycles. The van der Waals surface area contributed by atoms with Gasteiger partial charge in [-0.1, -0.05) is 27.3 Å². The number of methoxy groups -OCH3 is 2. The molecule has 1 aliphatic rings. The Hall–Kier alpha value is -2.41. The molecule has 0 radical (unpaired) electrons. The summed E-state index contributed by atoms with van der Waals surface area (Å²) in [5.74, 6) is 1.12. The Kier molecular flexibility index (Phi) is 9.41. The fourth-order valence-electron chi connectivity index (χ4n) is 4.28. The van der Waals surface area contributed by atoms with Crippen molar-refractivity contribution >= 4 is 71.2 Å². The number of ether oxygens (including phenoxy) is 4. The SMILES string of the molecule is CCOC(=O)C1=C(C)N=c2s/c(=C/c3cc(Br)c(OC)c(Br)c3)c(=O)n2[C@@H]1c1cc(OC)c(OCC)cc1Br. The number of fused-ring (bicyclic) bond motifs is 1. The summed E-state index contributed by atoms with van der Waals surface area (Å²) in [4.78, 5) is 32.3. The highest BCUT2D eigenvalue weighted by Gasteiger charge is 2.35. The van der Waals surface area contributed by atoms with Crippen LogP contribution in [0.4, 0.5) is 0 Å². The van der Waals surface area contributed by atoms with Crippen molar-refractivity contribution in [2.24, 2.45) is 4.99 Å². The predicted octanol–water partition coefficient (Wildman–Crippen LogP) is 5.50. The number of allylic oxidation sites excluding steroid dienone is 1. The van der Waals surface area contributed by atoms with Gasteiger partial charge in [-0.3, -0.25) is 9.36 Å². The van der Waals surface area contributed by atoms with Gasteiger partial charge < -0.3 is 18.9 Å². The second-order valence-corrected chi connectivity index (χ2v) is 11.8. The summed E-state index contributed by atoms with van der Waals surface area (Å²) in [6.07, 6.45) is 1.78. The molecular formula is C27H25Br3N2O6S. The number of benzene rings is 2. The highest BCUT2D eigenvalue weighted by Crippen LogP contribution is 2.41. The number of rotatable bonds is 8. The van der Waals surface area contributed by atoms with E-state index in [2.05, 4.69) is 52.8 Å². The summed E-state index contributed by atoms with van der Waals surface area (Å²) >= 11 is 11.9. The third-order valence-electron chi connectivity index (χ3n) is 5.92. The average molecular weight is 745 g/mol. The molecule has 0 amide bonds. The van der Waals surface area contributed by atoms with Crippen LogP contribution in [0.2, 0.25) is 0 Å². The van der Waals surface area contributed by atoms with E-state index in [-0.39, 0.29) is 17.7 Å². The number of hydrogen-bond donors (Lipinski definition) is 0. The number of hydrogen-bond acceptors (Lipinski definition) is 8. The van der Waals surface area contributed by atoms with E-state index in [0.29, 0.717) is 48.9 Å². The van der Waals surface area contributed by atoms with Gasteiger partial charge in [0.05, 0.1) is 58.2 Å². The van der Waals surface area contributed by atoms with Crippen LogP contribution in [-0.4, -0.2) is 38.0 Å². The highest BCUT2D eigenvalue weighted by atomic mass is 79.9. The molecule has 3 aromatic rings. The molecule has 2 heterocycles. The fraction of sp³-hybridized carbons (Fsp3) is 0.296. The largest absolute Gasteiger partial charge is 0.494 e. The zero-order valence-corrected chi connectivity index (χ0v) is 27.3. The molecule has 12 heteroatoms. The summed E-state index contributed by atoms with van der Waals surface area (Å²) in [6, 6.07) is 6.46. The molecule has 0 bridgehead atoms. The molecule has 39 heavy (non-hydrogen) atoms. The lowest BCUT2D eigenvalue weighted by Gasteiger charge is -2.26. The fourth-order valence-corrected chi connectivity index (χ4v) is 7.41. The monoisotopic (exact) mass is 742 g/mol. The normalized spacial score (nSPS) is 15.1. The quantitative estimate of drug-likeness (QED) is 0.283. The molecule has 0 saturated carbocycles. The Morgan fingerprint density at radius 1 is 1.03 bits per heavy atom. The van der Waals surface area contributed by atoms with Crippen molar-refractivity contribution in [3.05, 3.63) is 79.8 Å². The standard InChI is InChI=1S/C27H25Br3N2O6S/c1-6-37-20-12-16(28)15(11-19(20)35-4)23-22(26(34)38-7-2)13(3)31-27-32(23)25(33)21(39-27)10-14-8-17(29)24(36-5)18(30)9-14/h8-12,23H,6-7H2,1-5H3/b21-10+/t23-/m1/s1. The van der Waals surface area contributed by atoms with E-state index in [0.717, 1.165) is 14.5 Å². The molecular weight excluding hydrogens is 720 g/mol. The average Bonchev–Trinajstić information content (AvgIpc) is 3.18. The van der Waals surface area contributed by atoms with Crippen LogP contribution in [0.1, 0.15) is 37.9 Å². The first-order valence-corrected chi connectivity index (χ1v) is 15.1. The van der Waals surface area contributed by atoms with Crippen molar-refractivity contribution in [2.45, 2.75) is 26.8 Å². The number of nitrogens with zero attached hydrogens (tertiary/aromatic N) is 2. The van der Waals surface area contributed by atoms with Gasteiger partial charge in [-0.25, -0.2) is 9.79 Å². The molecule has 0 saturated heterocycles. The van der Waals surface area contributed by atoms with Crippen molar-refractivity contribution in [1.82, 2.24) is 4.57 Å². The van der Waals surface area contributed by atoms with Gasteiger partial charge >= 0.3 is 5.97 Å². The topological polar surface area (TPSA) is 88.4 Å². The van der Waals surface area contributed by atoms with Crippen molar-refractivity contribution < 1.29 is 23.7 Å². The summed E-state index contributed by atoms with van der Waals surface area (Å²) in [7, 11) is 3.12. The van der Waals surface area contributed by atoms with E-state index in [1.54, 1.807) is 46.3 Å². The van der Waals surface area contributed by atoms with Crippen LogP contribution < -0.4 is 29.1 Å². The summed E-state index contributed by atoms with van der Waals surface area (Å²) < 4.78 is 26.2. The number of halogens is 3. The minimum atomic E-state index is -0.809. The van der Waals surface area contributed by atoms with Crippen molar-refractivity contribution in [1.29, 1.82) is 0 Å². The number of esters is 1. The van der Waals surface area contributed by atoms with E-state index in [1.165, 1.54) is 15.9 Å². The molecule has 8 nitrogen and oxygen atoms in total. The summed E-state index contributed by atoms with van der Waals surface area (Å²) in [6.45, 7) is 5.99. The van der Waals surface area contributed by atoms with E-state index in [4.69, 9.17) is 18.9 Å². The van der Waals surface area contributed by atoms with Crippen LogP contribution in [0, 0.1) is 0 Å². The smallest absolute Gasteiger partial charge is 0.338 e. The van der Waals surface area contributed by atoms with Gasteiger partial charge in [0.1, 0.15) is 5.75 Å². The van der Waals surface area contributed by atoms with Crippen molar-refractivity contribution in [3.63, 3.8) is 0 Å². The Morgan fingerprint density at radius 2 is 1.72 bits per heavy atom. The van der Waals surface area contributed by atoms with Gasteiger partial charge in [-0.15, -0.1) is 0 Å². The highest BCUT2D eigenvalue weighted by molar-refractivity contribution is 9.11. The molecule has 1 atom stereocenters. The van der Waals surface area contributed by atoms with Gasteiger partial charge in [0, 0.05) is 4.47 Å². The molecule has 0 fully saturated rings. The Bertz CT molecular complexity index is 1640. The first kappa shape index (κ1) is 29.6. The first-order valence-electron chi connectivity index (χ1n) is 11.9. The van der Waals surface area contributed by atoms with E-state index >= 15 is 0 Å². The second-order valence-electron chi connectivity index (χ2n) is 8.28. The van der Waals surface area contributed by atoms with Gasteiger partial charge in [-0.2, -0.15) is 0 Å². The molecule has 0 unspecified atom stereocenters. The summed E-state index contributed by atoms with van der Waals surface area (Å²) in [5, 5.41) is 0. The molecule has 4 rings (SSSR count). The lowest BCUT2D eigenvalue weighted by atomic mass is 9.95. The first-order chi connectivity index (χ1) is 18.6. The van der Waals surface area contributed by atoms with Gasteiger partial charge in [0.2, 0.25) is 0 Å². The van der Waals surface area contributed by atoms with Crippen LogP contribution in [0.15, 0.2) is 58.7 Å². The van der Waals surface area contributed by atoms with Crippen LogP contribution in [0.5, 0.6) is 17.2 Å². The molecule has 2 aromatic carbocycles. The third kappa shape index (κ3) is 5.75. The molecule has 206 valence electrons. The Balaban J connectivity index is 1.99. The zero-order valence-electron chi connectivity index (χ0n) is 21.8. The number of carbonyl (C=O) groups excluding carboxylic acids is 1. The molecule has 1 aromatic heterocycles. The maximum atomic E-state index is 14.0. The number of carbonyl (C=O) groups is 1. The maximum absolute atomic E-state index is 14.0. The summed E-state index contributed by atoms with van der Waals surface area (Å²) in [5.41, 5.74) is 1.87. The van der Waals surface area contributed by atoms with Crippen LogP contribution in [-0.2, 0) is 9.53 Å². The van der Waals surface area contributed by atoms with Crippen LogP contribution in [0.3, 0.4) is 0 Å². The van der Waals surface area contributed by atoms with Gasteiger partial charge in [0.25, 0.3) is 5.56 Å². The van der Waals surface area contributed by atoms with E-state index in [9.17, 15) is 9.59 Å². The maximum Gasteiger partial charge on any atom is 0.338 e. The van der Waals surface area contributed by atoms with Crippen molar-refractivity contribution in [2.75, 3.05) is 27.4 Å². The predicted molar refractivity (Wildman–Crippen MR) is 161 cm³/mol. The number of thiazole rings is 1. The minimum Gasteiger partial charge on any atom is -0.494 e.